The van der Waals surface area contributed by atoms with Gasteiger partial charge in [-0.25, -0.2) is 0 Å². The van der Waals surface area contributed by atoms with Crippen molar-refractivity contribution in [3.8, 4) is 0 Å². The summed E-state index contributed by atoms with van der Waals surface area (Å²) in [5.74, 6) is 0. The summed E-state index contributed by atoms with van der Waals surface area (Å²) in [6.07, 6.45) is -0.194. The fourth-order valence-electron chi connectivity index (χ4n) is 6.71. The Morgan fingerprint density at radius 3 is 1.64 bits per heavy atom. The first-order chi connectivity index (χ1) is 27.1. The maximum Gasteiger partial charge on any atom is 0.119 e. The molecule has 0 spiro atoms. The zero-order valence-electron chi connectivity index (χ0n) is 30.8. The first kappa shape index (κ1) is 38.9. The summed E-state index contributed by atoms with van der Waals surface area (Å²) in [7, 11) is 0. The molecule has 5 unspecified atom stereocenters. The largest absolute Gasteiger partial charge is 0.374 e. The van der Waals surface area contributed by atoms with Gasteiger partial charge in [0.1, 0.15) is 35.5 Å². The van der Waals surface area contributed by atoms with Gasteiger partial charge in [-0.2, -0.15) is 5.10 Å². The minimum atomic E-state index is -0.565. The molecular weight excluding hydrogens is 728 g/mol. The summed E-state index contributed by atoms with van der Waals surface area (Å²) in [6.45, 7) is 1.80. The van der Waals surface area contributed by atoms with Crippen molar-refractivity contribution >= 4 is 23.4 Å². The zero-order chi connectivity index (χ0) is 37.7. The first-order valence-corrected chi connectivity index (χ1v) is 20.1. The Labute approximate surface area is 332 Å². The van der Waals surface area contributed by atoms with Crippen LogP contribution in [0.1, 0.15) is 45.2 Å². The standard InChI is InChI=1S/C46H45ClN2O5S/c1-55-42-25-23-39(48-49-42)27-38-26-37(22-24-40(38)47)43-45(52-30-35-18-10-4-11-19-35)46(53-31-36-20-12-5-13-21-36)44(51-29-34-16-8-3-9-17-34)41(54-43)32-50-28-33-14-6-2-7-15-33/h2-26,41,43-46H,27-32H2,1H3. The Balaban J connectivity index is 1.25. The van der Waals surface area contributed by atoms with Crippen molar-refractivity contribution in [3.63, 3.8) is 0 Å². The van der Waals surface area contributed by atoms with Crippen molar-refractivity contribution in [1.29, 1.82) is 0 Å². The van der Waals surface area contributed by atoms with Crippen LogP contribution >= 0.6 is 23.4 Å². The van der Waals surface area contributed by atoms with Crippen LogP contribution in [-0.4, -0.2) is 47.5 Å². The smallest absolute Gasteiger partial charge is 0.119 e. The minimum absolute atomic E-state index is 0.277. The van der Waals surface area contributed by atoms with E-state index < -0.39 is 30.5 Å². The highest BCUT2D eigenvalue weighted by Gasteiger charge is 2.49. The lowest BCUT2D eigenvalue weighted by atomic mass is 9.89. The third kappa shape index (κ3) is 10.9. The van der Waals surface area contributed by atoms with Gasteiger partial charge in [0.2, 0.25) is 0 Å². The molecule has 55 heavy (non-hydrogen) atoms. The minimum Gasteiger partial charge on any atom is -0.374 e. The fraction of sp³-hybridized carbons (Fsp3) is 0.261. The highest BCUT2D eigenvalue weighted by molar-refractivity contribution is 7.98. The van der Waals surface area contributed by atoms with Crippen LogP contribution in [0, 0.1) is 0 Å². The second-order valence-corrected chi connectivity index (χ2v) is 14.7. The third-order valence-electron chi connectivity index (χ3n) is 9.56. The molecule has 9 heteroatoms. The molecule has 1 aliphatic heterocycles. The van der Waals surface area contributed by atoms with Gasteiger partial charge in [0.05, 0.1) is 38.7 Å². The summed E-state index contributed by atoms with van der Waals surface area (Å²) in [5, 5.41) is 10.3. The number of nitrogens with zero attached hydrogens (tertiary/aromatic N) is 2. The second-order valence-electron chi connectivity index (χ2n) is 13.5. The summed E-state index contributed by atoms with van der Waals surface area (Å²) in [5.41, 5.74) is 6.87. The summed E-state index contributed by atoms with van der Waals surface area (Å²) < 4.78 is 34.3. The van der Waals surface area contributed by atoms with Crippen molar-refractivity contribution in [2.24, 2.45) is 0 Å². The van der Waals surface area contributed by atoms with E-state index >= 15 is 0 Å². The van der Waals surface area contributed by atoms with E-state index in [-0.39, 0.29) is 6.61 Å². The van der Waals surface area contributed by atoms with Crippen LogP contribution in [0.15, 0.2) is 157 Å². The van der Waals surface area contributed by atoms with Gasteiger partial charge in [-0.15, -0.1) is 16.9 Å². The molecule has 0 amide bonds. The van der Waals surface area contributed by atoms with Gasteiger partial charge in [0.25, 0.3) is 0 Å². The Bertz CT molecular complexity index is 2030. The highest BCUT2D eigenvalue weighted by Crippen LogP contribution is 2.40. The molecule has 1 fully saturated rings. The van der Waals surface area contributed by atoms with Gasteiger partial charge >= 0.3 is 0 Å². The van der Waals surface area contributed by atoms with Gasteiger partial charge < -0.3 is 23.7 Å². The van der Waals surface area contributed by atoms with Gasteiger partial charge in [-0.05, 0) is 57.8 Å². The van der Waals surface area contributed by atoms with Crippen molar-refractivity contribution in [1.82, 2.24) is 10.2 Å². The predicted molar refractivity (Wildman–Crippen MR) is 217 cm³/mol. The number of rotatable bonds is 17. The van der Waals surface area contributed by atoms with Gasteiger partial charge in [-0.1, -0.05) is 145 Å². The van der Waals surface area contributed by atoms with Crippen LogP contribution in [-0.2, 0) is 56.5 Å². The summed E-state index contributed by atoms with van der Waals surface area (Å²) in [4.78, 5) is 0. The molecule has 282 valence electrons. The lowest BCUT2D eigenvalue weighted by molar-refractivity contribution is -0.275. The molecule has 0 saturated carbocycles. The molecule has 0 N–H and O–H groups in total. The molecule has 0 radical (unpaired) electrons. The molecule has 5 aromatic carbocycles. The molecule has 1 aromatic heterocycles. The SMILES string of the molecule is CSc1ccc(Cc2cc(C3OC(COCc4ccccc4)C(OCc4ccccc4)C(OCc4ccccc4)C3OCc3ccccc3)ccc2Cl)nn1. The van der Waals surface area contributed by atoms with E-state index in [1.807, 2.05) is 103 Å². The van der Waals surface area contributed by atoms with Crippen LogP contribution in [0.4, 0.5) is 0 Å². The van der Waals surface area contributed by atoms with E-state index in [0.29, 0.717) is 37.9 Å². The molecular formula is C46H45ClN2O5S. The summed E-state index contributed by atoms with van der Waals surface area (Å²) in [6, 6.07) is 50.6. The Kier molecular flexibility index (Phi) is 14.1. The number of thioether (sulfide) groups is 1. The molecule has 2 heterocycles. The predicted octanol–water partition coefficient (Wildman–Crippen LogP) is 9.86. The van der Waals surface area contributed by atoms with Crippen LogP contribution in [0.25, 0.3) is 0 Å². The van der Waals surface area contributed by atoms with E-state index in [4.69, 9.17) is 35.3 Å². The molecule has 7 nitrogen and oxygen atoms in total. The van der Waals surface area contributed by atoms with Crippen LogP contribution in [0.5, 0.6) is 0 Å². The van der Waals surface area contributed by atoms with Crippen molar-refractivity contribution in [2.45, 2.75) is 68.4 Å². The molecule has 0 bridgehead atoms. The molecule has 0 aliphatic carbocycles. The topological polar surface area (TPSA) is 71.9 Å². The lowest BCUT2D eigenvalue weighted by Gasteiger charge is -2.46. The van der Waals surface area contributed by atoms with Gasteiger partial charge in [-0.3, -0.25) is 0 Å². The average molecular weight is 773 g/mol. The molecule has 1 aliphatic rings. The number of aromatic nitrogens is 2. The van der Waals surface area contributed by atoms with Crippen molar-refractivity contribution < 1.29 is 23.7 Å². The van der Waals surface area contributed by atoms with E-state index in [1.54, 1.807) is 11.8 Å². The van der Waals surface area contributed by atoms with Crippen LogP contribution < -0.4 is 0 Å². The van der Waals surface area contributed by atoms with Crippen LogP contribution in [0.3, 0.4) is 0 Å². The number of ether oxygens (including phenoxy) is 5. The maximum atomic E-state index is 7.14. The molecule has 7 rings (SSSR count). The Hall–Kier alpha value is -4.38. The Morgan fingerprint density at radius 1 is 0.582 bits per heavy atom. The fourth-order valence-corrected chi connectivity index (χ4v) is 7.22. The monoisotopic (exact) mass is 772 g/mol. The number of benzene rings is 5. The van der Waals surface area contributed by atoms with E-state index in [9.17, 15) is 0 Å². The van der Waals surface area contributed by atoms with E-state index in [0.717, 1.165) is 44.1 Å². The quantitative estimate of drug-likeness (QED) is 0.0849. The number of halogens is 1. The van der Waals surface area contributed by atoms with Gasteiger partial charge in [0.15, 0.2) is 0 Å². The molecule has 5 atom stereocenters. The van der Waals surface area contributed by atoms with Crippen molar-refractivity contribution in [3.05, 3.63) is 196 Å². The van der Waals surface area contributed by atoms with Crippen molar-refractivity contribution in [2.75, 3.05) is 12.9 Å². The second kappa shape index (κ2) is 20.0. The molecule has 1 saturated heterocycles. The van der Waals surface area contributed by atoms with E-state index in [1.165, 1.54) is 0 Å². The van der Waals surface area contributed by atoms with Crippen LogP contribution in [0.2, 0.25) is 5.02 Å². The van der Waals surface area contributed by atoms with E-state index in [2.05, 4.69) is 64.8 Å². The first-order valence-electron chi connectivity index (χ1n) is 18.5. The Morgan fingerprint density at radius 2 is 1.11 bits per heavy atom. The lowest BCUT2D eigenvalue weighted by Crippen LogP contribution is -2.58. The number of hydrogen-bond donors (Lipinski definition) is 0. The van der Waals surface area contributed by atoms with Gasteiger partial charge in [0, 0.05) is 11.4 Å². The average Bonchev–Trinajstić information content (AvgIpc) is 3.24. The normalized spacial score (nSPS) is 19.6. The molecule has 6 aromatic rings. The number of hydrogen-bond acceptors (Lipinski definition) is 8. The maximum absolute atomic E-state index is 7.14. The third-order valence-corrected chi connectivity index (χ3v) is 10.6. The highest BCUT2D eigenvalue weighted by atomic mass is 35.5. The summed E-state index contributed by atoms with van der Waals surface area (Å²) >= 11 is 8.41. The zero-order valence-corrected chi connectivity index (χ0v) is 32.4.